The molecule has 0 aliphatic carbocycles. The number of ether oxygens (including phenoxy) is 4. The fourth-order valence-electron chi connectivity index (χ4n) is 3.07. The first kappa shape index (κ1) is 18.7. The molecule has 146 valence electrons. The van der Waals surface area contributed by atoms with Gasteiger partial charge in [0.25, 0.3) is 0 Å². The first-order valence-corrected chi connectivity index (χ1v) is 9.38. The highest BCUT2D eigenvalue weighted by atomic mass is 35.5. The fourth-order valence-corrected chi connectivity index (χ4v) is 3.36. The average molecular weight is 403 g/mol. The van der Waals surface area contributed by atoms with E-state index < -0.39 is 5.97 Å². The minimum absolute atomic E-state index is 0.0281. The molecule has 1 aliphatic rings. The van der Waals surface area contributed by atoms with Crippen molar-refractivity contribution in [1.82, 2.24) is 0 Å². The van der Waals surface area contributed by atoms with Crippen LogP contribution in [0.3, 0.4) is 0 Å². The summed E-state index contributed by atoms with van der Waals surface area (Å²) in [5, 5.41) is 1.26. The summed E-state index contributed by atoms with van der Waals surface area (Å²) >= 11 is 6.23. The molecule has 0 spiro atoms. The molecule has 7 heteroatoms. The van der Waals surface area contributed by atoms with Crippen LogP contribution >= 0.6 is 11.6 Å². The summed E-state index contributed by atoms with van der Waals surface area (Å²) in [7, 11) is 0. The van der Waals surface area contributed by atoms with Crippen LogP contribution in [-0.4, -0.2) is 25.8 Å². The number of benzene rings is 2. The topological polar surface area (TPSA) is 67.1 Å². The second-order valence-corrected chi connectivity index (χ2v) is 6.63. The van der Waals surface area contributed by atoms with Crippen molar-refractivity contribution in [3.63, 3.8) is 0 Å². The van der Waals surface area contributed by atoms with Crippen LogP contribution in [0.5, 0.6) is 11.5 Å². The van der Waals surface area contributed by atoms with Crippen molar-refractivity contribution in [1.29, 1.82) is 0 Å². The second kappa shape index (κ2) is 8.12. The molecule has 3 aromatic rings. The van der Waals surface area contributed by atoms with Gasteiger partial charge in [0.05, 0.1) is 11.6 Å². The highest BCUT2D eigenvalue weighted by molar-refractivity contribution is 6.32. The minimum atomic E-state index is -0.558. The smallest absolute Gasteiger partial charge is 0.374 e. The molecule has 6 nitrogen and oxygen atoms in total. The van der Waals surface area contributed by atoms with Gasteiger partial charge in [-0.1, -0.05) is 29.8 Å². The Kier molecular flexibility index (Phi) is 5.41. The van der Waals surface area contributed by atoms with Crippen LogP contribution in [0.15, 0.2) is 40.8 Å². The number of halogens is 1. The van der Waals surface area contributed by atoms with Crippen LogP contribution < -0.4 is 9.47 Å². The van der Waals surface area contributed by atoms with Crippen LogP contribution in [-0.2, 0) is 22.7 Å². The van der Waals surface area contributed by atoms with Gasteiger partial charge in [0.15, 0.2) is 11.5 Å². The SMILES string of the molecule is CCOCc1c(C(=O)OCc2cc(Cl)c3c(c2)OCCO3)oc2ccccc12. The number of carbonyl (C=O) groups is 1. The molecular formula is C21H19ClO6. The highest BCUT2D eigenvalue weighted by Crippen LogP contribution is 2.38. The Morgan fingerprint density at radius 1 is 1.14 bits per heavy atom. The lowest BCUT2D eigenvalue weighted by Crippen LogP contribution is -2.16. The van der Waals surface area contributed by atoms with Gasteiger partial charge in [-0.2, -0.15) is 0 Å². The lowest BCUT2D eigenvalue weighted by atomic mass is 10.1. The molecule has 0 bridgehead atoms. The first-order valence-electron chi connectivity index (χ1n) is 9.00. The summed E-state index contributed by atoms with van der Waals surface area (Å²) in [6.45, 7) is 3.63. The van der Waals surface area contributed by atoms with Gasteiger partial charge in [0, 0.05) is 17.6 Å². The van der Waals surface area contributed by atoms with Gasteiger partial charge in [-0.3, -0.25) is 0 Å². The molecule has 1 aromatic heterocycles. The normalized spacial score (nSPS) is 12.9. The first-order chi connectivity index (χ1) is 13.7. The largest absolute Gasteiger partial charge is 0.486 e. The fraction of sp³-hybridized carbons (Fsp3) is 0.286. The summed E-state index contributed by atoms with van der Waals surface area (Å²) in [5.41, 5.74) is 2.00. The predicted octanol–water partition coefficient (Wildman–Crippen LogP) is 4.75. The van der Waals surface area contributed by atoms with E-state index in [0.29, 0.717) is 53.1 Å². The van der Waals surface area contributed by atoms with Crippen LogP contribution in [0.1, 0.15) is 28.6 Å². The Hall–Kier alpha value is -2.70. The molecule has 1 aliphatic heterocycles. The van der Waals surface area contributed by atoms with E-state index >= 15 is 0 Å². The monoisotopic (exact) mass is 402 g/mol. The maximum atomic E-state index is 12.7. The molecule has 4 rings (SSSR count). The molecule has 0 fully saturated rings. The van der Waals surface area contributed by atoms with Crippen LogP contribution in [0.25, 0.3) is 11.0 Å². The summed E-state index contributed by atoms with van der Waals surface area (Å²) in [6, 6.07) is 10.9. The number of fused-ring (bicyclic) bond motifs is 2. The van der Waals surface area contributed by atoms with E-state index in [1.807, 2.05) is 31.2 Å². The van der Waals surface area contributed by atoms with Gasteiger partial charge >= 0.3 is 5.97 Å². The number of para-hydroxylation sites is 1. The molecule has 0 amide bonds. The Morgan fingerprint density at radius 2 is 1.96 bits per heavy atom. The highest BCUT2D eigenvalue weighted by Gasteiger charge is 2.23. The van der Waals surface area contributed by atoms with Gasteiger partial charge in [-0.15, -0.1) is 0 Å². The third kappa shape index (κ3) is 3.66. The van der Waals surface area contributed by atoms with Gasteiger partial charge in [-0.05, 0) is 30.7 Å². The standard InChI is InChI=1S/C21H19ClO6/c1-2-24-12-15-14-5-3-4-6-17(14)28-19(15)21(23)27-11-13-9-16(22)20-18(10-13)25-7-8-26-20/h3-6,9-10H,2,7-8,11-12H2,1H3. The van der Waals surface area contributed by atoms with E-state index in [-0.39, 0.29) is 19.0 Å². The van der Waals surface area contributed by atoms with E-state index in [2.05, 4.69) is 0 Å². The van der Waals surface area contributed by atoms with E-state index in [1.165, 1.54) is 0 Å². The molecule has 0 saturated heterocycles. The number of rotatable bonds is 6. The van der Waals surface area contributed by atoms with Crippen LogP contribution in [0.4, 0.5) is 0 Å². The van der Waals surface area contributed by atoms with Gasteiger partial charge < -0.3 is 23.4 Å². The molecule has 2 heterocycles. The van der Waals surface area contributed by atoms with Crippen LogP contribution in [0.2, 0.25) is 5.02 Å². The average Bonchev–Trinajstić information content (AvgIpc) is 3.09. The summed E-state index contributed by atoms with van der Waals surface area (Å²) in [4.78, 5) is 12.7. The summed E-state index contributed by atoms with van der Waals surface area (Å²) in [5.74, 6) is 0.653. The van der Waals surface area contributed by atoms with Crippen molar-refractivity contribution >= 4 is 28.5 Å². The second-order valence-electron chi connectivity index (χ2n) is 6.22. The molecule has 0 unspecified atom stereocenters. The van der Waals surface area contributed by atoms with E-state index in [4.69, 9.17) is 35.0 Å². The van der Waals surface area contributed by atoms with E-state index in [1.54, 1.807) is 12.1 Å². The molecule has 0 atom stereocenters. The zero-order valence-corrected chi connectivity index (χ0v) is 16.1. The molecule has 0 N–H and O–H groups in total. The van der Waals surface area contributed by atoms with Crippen molar-refractivity contribution in [2.45, 2.75) is 20.1 Å². The molecular weight excluding hydrogens is 384 g/mol. The zero-order valence-electron chi connectivity index (χ0n) is 15.3. The van der Waals surface area contributed by atoms with Crippen LogP contribution in [0, 0.1) is 0 Å². The van der Waals surface area contributed by atoms with Crippen molar-refractivity contribution in [2.24, 2.45) is 0 Å². The predicted molar refractivity (Wildman–Crippen MR) is 103 cm³/mol. The van der Waals surface area contributed by atoms with Gasteiger partial charge in [0.1, 0.15) is 25.4 Å². The Bertz CT molecular complexity index is 1010. The van der Waals surface area contributed by atoms with Crippen molar-refractivity contribution in [3.05, 3.63) is 58.3 Å². The molecule has 2 aromatic carbocycles. The minimum Gasteiger partial charge on any atom is -0.486 e. The number of furan rings is 1. The molecule has 0 saturated carbocycles. The zero-order chi connectivity index (χ0) is 19.5. The van der Waals surface area contributed by atoms with Gasteiger partial charge in [0.2, 0.25) is 5.76 Å². The summed E-state index contributed by atoms with van der Waals surface area (Å²) < 4.78 is 27.8. The number of hydrogen-bond donors (Lipinski definition) is 0. The van der Waals surface area contributed by atoms with Crippen molar-refractivity contribution < 1.29 is 28.2 Å². The number of esters is 1. The lowest BCUT2D eigenvalue weighted by molar-refractivity contribution is 0.0429. The van der Waals surface area contributed by atoms with E-state index in [9.17, 15) is 4.79 Å². The third-order valence-electron chi connectivity index (χ3n) is 4.36. The van der Waals surface area contributed by atoms with E-state index in [0.717, 1.165) is 5.39 Å². The Labute approximate surface area is 166 Å². The molecule has 0 radical (unpaired) electrons. The van der Waals surface area contributed by atoms with Crippen molar-refractivity contribution in [3.8, 4) is 11.5 Å². The quantitative estimate of drug-likeness (QED) is 0.554. The van der Waals surface area contributed by atoms with Gasteiger partial charge in [-0.25, -0.2) is 4.79 Å². The Morgan fingerprint density at radius 3 is 2.82 bits per heavy atom. The number of hydrogen-bond acceptors (Lipinski definition) is 6. The third-order valence-corrected chi connectivity index (χ3v) is 4.64. The maximum Gasteiger partial charge on any atom is 0.374 e. The molecule has 28 heavy (non-hydrogen) atoms. The summed E-state index contributed by atoms with van der Waals surface area (Å²) in [6.07, 6.45) is 0. The maximum absolute atomic E-state index is 12.7. The number of carbonyl (C=O) groups excluding carboxylic acids is 1. The lowest BCUT2D eigenvalue weighted by Gasteiger charge is -2.20. The van der Waals surface area contributed by atoms with Crippen molar-refractivity contribution in [2.75, 3.05) is 19.8 Å². The Balaban J connectivity index is 1.55.